The molecule has 0 saturated carbocycles. The van der Waals surface area contributed by atoms with Crippen LogP contribution in [0.3, 0.4) is 0 Å². The second-order valence-corrected chi connectivity index (χ2v) is 7.74. The van der Waals surface area contributed by atoms with Gasteiger partial charge in [-0.25, -0.2) is 0 Å². The third-order valence-electron chi connectivity index (χ3n) is 4.74. The van der Waals surface area contributed by atoms with E-state index >= 15 is 0 Å². The molecule has 1 atom stereocenters. The lowest BCUT2D eigenvalue weighted by Crippen LogP contribution is -2.33. The predicted octanol–water partition coefficient (Wildman–Crippen LogP) is 4.83. The number of esters is 1. The summed E-state index contributed by atoms with van der Waals surface area (Å²) >= 11 is 1.51. The summed E-state index contributed by atoms with van der Waals surface area (Å²) in [7, 11) is 0. The maximum atomic E-state index is 11.9. The zero-order valence-corrected chi connectivity index (χ0v) is 17.6. The molecule has 0 N–H and O–H groups in total. The number of thiophene rings is 1. The Labute approximate surface area is 184 Å². The second kappa shape index (κ2) is 10.0. The fourth-order valence-corrected chi connectivity index (χ4v) is 3.76. The first-order chi connectivity index (χ1) is 15.2. The summed E-state index contributed by atoms with van der Waals surface area (Å²) in [5, 5.41) is 12.6. The van der Waals surface area contributed by atoms with Gasteiger partial charge in [0.2, 0.25) is 0 Å². The Balaban J connectivity index is 1.14. The summed E-state index contributed by atoms with van der Waals surface area (Å²) in [6.07, 6.45) is 0.560. The van der Waals surface area contributed by atoms with Gasteiger partial charge in [0, 0.05) is 17.2 Å². The monoisotopic (exact) mass is 435 g/mol. The highest BCUT2D eigenvalue weighted by atomic mass is 32.1. The van der Waals surface area contributed by atoms with E-state index in [-0.39, 0.29) is 25.1 Å². The lowest BCUT2D eigenvalue weighted by atomic mass is 10.0. The third kappa shape index (κ3) is 5.56. The van der Waals surface area contributed by atoms with Crippen molar-refractivity contribution in [3.8, 4) is 34.4 Å². The van der Waals surface area contributed by atoms with Crippen molar-refractivity contribution in [3.63, 3.8) is 0 Å². The average molecular weight is 436 g/mol. The maximum absolute atomic E-state index is 11.9. The molecule has 2 aromatic carbocycles. The van der Waals surface area contributed by atoms with Crippen LogP contribution in [0.1, 0.15) is 18.4 Å². The van der Waals surface area contributed by atoms with Crippen molar-refractivity contribution in [1.82, 2.24) is 0 Å². The van der Waals surface area contributed by atoms with Crippen LogP contribution in [0.5, 0.6) is 17.2 Å². The highest BCUT2D eigenvalue weighted by Gasteiger charge is 2.23. The maximum Gasteiger partial charge on any atom is 0.306 e. The normalized spacial score (nSPS) is 14.5. The minimum Gasteiger partial charge on any atom is -0.494 e. The summed E-state index contributed by atoms with van der Waals surface area (Å²) in [5.74, 6) is 1.91. The molecule has 0 radical (unpaired) electrons. The molecule has 7 heteroatoms. The number of fused-ring (bicyclic) bond motifs is 1. The van der Waals surface area contributed by atoms with Gasteiger partial charge in [0.15, 0.2) is 17.6 Å². The van der Waals surface area contributed by atoms with Gasteiger partial charge in [0.1, 0.15) is 19.0 Å². The highest BCUT2D eigenvalue weighted by Crippen LogP contribution is 2.35. The van der Waals surface area contributed by atoms with Crippen molar-refractivity contribution in [2.24, 2.45) is 0 Å². The first-order valence-corrected chi connectivity index (χ1v) is 10.9. The molecule has 1 unspecified atom stereocenters. The van der Waals surface area contributed by atoms with Crippen LogP contribution in [0.25, 0.3) is 11.1 Å². The average Bonchev–Trinajstić information content (AvgIpc) is 3.29. The Bertz CT molecular complexity index is 1050. The van der Waals surface area contributed by atoms with Crippen molar-refractivity contribution < 1.29 is 23.7 Å². The van der Waals surface area contributed by atoms with E-state index in [1.54, 1.807) is 12.1 Å². The predicted molar refractivity (Wildman–Crippen MR) is 117 cm³/mol. The SMILES string of the molecule is N#Cc1ccc(-c2ccc(OCCCC(=O)OCC3COc4cscc4O3)cc2)cc1. The minimum absolute atomic E-state index is 0.172. The number of nitrogens with zero attached hydrogens (tertiary/aromatic N) is 1. The van der Waals surface area contributed by atoms with Crippen LogP contribution in [0.15, 0.2) is 59.3 Å². The Kier molecular flexibility index (Phi) is 6.70. The molecule has 3 aromatic rings. The summed E-state index contributed by atoms with van der Waals surface area (Å²) in [5.41, 5.74) is 2.72. The number of hydrogen-bond acceptors (Lipinski definition) is 7. The zero-order chi connectivity index (χ0) is 21.5. The number of benzene rings is 2. The minimum atomic E-state index is -0.281. The van der Waals surface area contributed by atoms with Gasteiger partial charge < -0.3 is 18.9 Å². The molecular weight excluding hydrogens is 414 g/mol. The van der Waals surface area contributed by atoms with Crippen molar-refractivity contribution in [2.45, 2.75) is 18.9 Å². The van der Waals surface area contributed by atoms with Gasteiger partial charge >= 0.3 is 5.97 Å². The van der Waals surface area contributed by atoms with Crippen LogP contribution in [0, 0.1) is 11.3 Å². The number of rotatable bonds is 8. The van der Waals surface area contributed by atoms with Gasteiger partial charge in [-0.2, -0.15) is 5.26 Å². The van der Waals surface area contributed by atoms with E-state index in [1.165, 1.54) is 11.3 Å². The Morgan fingerprint density at radius 1 is 1.06 bits per heavy atom. The lowest BCUT2D eigenvalue weighted by Gasteiger charge is -2.24. The quantitative estimate of drug-likeness (QED) is 0.373. The first-order valence-electron chi connectivity index (χ1n) is 9.96. The Hall–Kier alpha value is -3.50. The number of ether oxygens (including phenoxy) is 4. The van der Waals surface area contributed by atoms with Crippen LogP contribution >= 0.6 is 11.3 Å². The van der Waals surface area contributed by atoms with Crippen LogP contribution in [0.2, 0.25) is 0 Å². The van der Waals surface area contributed by atoms with Crippen LogP contribution in [-0.4, -0.2) is 31.9 Å². The topological polar surface area (TPSA) is 77.8 Å². The molecule has 31 heavy (non-hydrogen) atoms. The number of hydrogen-bond donors (Lipinski definition) is 0. The van der Waals surface area contributed by atoms with Gasteiger partial charge in [-0.1, -0.05) is 24.3 Å². The molecule has 1 aromatic heterocycles. The van der Waals surface area contributed by atoms with Gasteiger partial charge in [-0.05, 0) is 41.8 Å². The molecule has 1 aliphatic rings. The van der Waals surface area contributed by atoms with Gasteiger partial charge in [0.25, 0.3) is 0 Å². The Morgan fingerprint density at radius 3 is 2.52 bits per heavy atom. The zero-order valence-electron chi connectivity index (χ0n) is 16.8. The molecule has 1 aliphatic heterocycles. The van der Waals surface area contributed by atoms with Crippen LogP contribution in [-0.2, 0) is 9.53 Å². The largest absolute Gasteiger partial charge is 0.494 e. The van der Waals surface area contributed by atoms with Crippen LogP contribution < -0.4 is 14.2 Å². The van der Waals surface area contributed by atoms with Crippen LogP contribution in [0.4, 0.5) is 0 Å². The fraction of sp³-hybridized carbons (Fsp3) is 0.250. The van der Waals surface area contributed by atoms with E-state index in [2.05, 4.69) is 6.07 Å². The van der Waals surface area contributed by atoms with Gasteiger partial charge in [-0.15, -0.1) is 11.3 Å². The molecule has 0 bridgehead atoms. The highest BCUT2D eigenvalue weighted by molar-refractivity contribution is 7.08. The molecule has 0 saturated heterocycles. The van der Waals surface area contributed by atoms with Crippen molar-refractivity contribution in [3.05, 3.63) is 64.9 Å². The van der Waals surface area contributed by atoms with Crippen molar-refractivity contribution >= 4 is 17.3 Å². The van der Waals surface area contributed by atoms with E-state index in [0.29, 0.717) is 30.9 Å². The van der Waals surface area contributed by atoms with Gasteiger partial charge in [-0.3, -0.25) is 4.79 Å². The first kappa shape index (κ1) is 20.8. The van der Waals surface area contributed by atoms with Crippen molar-refractivity contribution in [1.29, 1.82) is 5.26 Å². The third-order valence-corrected chi connectivity index (χ3v) is 5.44. The van der Waals surface area contributed by atoms with Crippen molar-refractivity contribution in [2.75, 3.05) is 19.8 Å². The van der Waals surface area contributed by atoms with E-state index in [9.17, 15) is 4.79 Å². The lowest BCUT2D eigenvalue weighted by molar-refractivity contribution is -0.147. The summed E-state index contributed by atoms with van der Waals surface area (Å²) in [4.78, 5) is 11.9. The molecule has 158 valence electrons. The number of carbonyl (C=O) groups excluding carboxylic acids is 1. The standard InChI is InChI=1S/C24H21NO5S/c25-12-17-3-5-18(6-4-17)19-7-9-20(10-8-19)27-11-1-2-24(26)29-14-21-13-28-22-15-31-16-23(22)30-21/h3-10,15-16,21H,1-2,11,13-14H2. The molecule has 0 spiro atoms. The summed E-state index contributed by atoms with van der Waals surface area (Å²) < 4.78 is 22.3. The van der Waals surface area contributed by atoms with Gasteiger partial charge in [0.05, 0.1) is 18.2 Å². The molecule has 0 fully saturated rings. The summed E-state index contributed by atoms with van der Waals surface area (Å²) in [6.45, 7) is 0.969. The fourth-order valence-electron chi connectivity index (χ4n) is 3.09. The number of nitriles is 1. The van der Waals surface area contributed by atoms with E-state index in [0.717, 1.165) is 22.6 Å². The molecule has 4 rings (SSSR count). The smallest absolute Gasteiger partial charge is 0.306 e. The molecule has 2 heterocycles. The molecule has 0 amide bonds. The van der Waals surface area contributed by atoms with E-state index in [4.69, 9.17) is 24.2 Å². The second-order valence-electron chi connectivity index (χ2n) is 7.00. The Morgan fingerprint density at radius 2 is 1.77 bits per heavy atom. The molecule has 6 nitrogen and oxygen atoms in total. The van der Waals surface area contributed by atoms with E-state index < -0.39 is 0 Å². The molecule has 0 aliphatic carbocycles. The molecular formula is C24H21NO5S. The van der Waals surface area contributed by atoms with E-state index in [1.807, 2.05) is 47.2 Å². The number of carbonyl (C=O) groups is 1. The summed E-state index contributed by atoms with van der Waals surface area (Å²) in [6, 6.07) is 17.3.